The normalized spacial score (nSPS) is 33.6. The van der Waals surface area contributed by atoms with Crippen molar-refractivity contribution in [1.29, 1.82) is 0 Å². The molecular weight excluding hydrogens is 174 g/mol. The second-order valence-corrected chi connectivity index (χ2v) is 5.11. The second kappa shape index (κ2) is 5.13. The Kier molecular flexibility index (Phi) is 4.39. The van der Waals surface area contributed by atoms with Crippen molar-refractivity contribution >= 4 is 0 Å². The quantitative estimate of drug-likeness (QED) is 0.727. The molecular formula is C12H25NO. The van der Waals surface area contributed by atoms with E-state index in [0.29, 0.717) is 11.8 Å². The summed E-state index contributed by atoms with van der Waals surface area (Å²) in [5, 5.41) is 13.6. The zero-order valence-corrected chi connectivity index (χ0v) is 9.84. The lowest BCUT2D eigenvalue weighted by molar-refractivity contribution is -0.0227. The van der Waals surface area contributed by atoms with Gasteiger partial charge in [0.15, 0.2) is 0 Å². The zero-order valence-electron chi connectivity index (χ0n) is 9.84. The van der Waals surface area contributed by atoms with E-state index in [-0.39, 0.29) is 0 Å². The molecule has 0 aromatic carbocycles. The molecule has 0 saturated heterocycles. The Morgan fingerprint density at radius 2 is 2.21 bits per heavy atom. The third-order valence-electron chi connectivity index (χ3n) is 3.51. The van der Waals surface area contributed by atoms with Gasteiger partial charge < -0.3 is 10.4 Å². The summed E-state index contributed by atoms with van der Waals surface area (Å²) in [6.07, 6.45) is 4.44. The number of hydrogen-bond acceptors (Lipinski definition) is 2. The van der Waals surface area contributed by atoms with E-state index in [1.54, 1.807) is 0 Å². The number of likely N-dealkylation sites (N-methyl/N-ethyl adjacent to an activating group) is 1. The zero-order chi connectivity index (χ0) is 10.6. The minimum absolute atomic E-state index is 0.427. The Hall–Kier alpha value is -0.0800. The van der Waals surface area contributed by atoms with Gasteiger partial charge in [0.05, 0.1) is 5.60 Å². The summed E-state index contributed by atoms with van der Waals surface area (Å²) in [5.74, 6) is 1.43. The van der Waals surface area contributed by atoms with Gasteiger partial charge in [-0.25, -0.2) is 0 Å². The van der Waals surface area contributed by atoms with Gasteiger partial charge in [-0.15, -0.1) is 0 Å². The molecule has 1 saturated carbocycles. The van der Waals surface area contributed by atoms with E-state index < -0.39 is 5.60 Å². The van der Waals surface area contributed by atoms with Crippen LogP contribution in [0.15, 0.2) is 0 Å². The highest BCUT2D eigenvalue weighted by atomic mass is 16.3. The maximum absolute atomic E-state index is 10.4. The standard InChI is InChI=1S/C12H25NO/c1-4-13-9-12(14)7-5-6-11(8-12)10(2)3/h10-11,13-14H,4-9H2,1-3H3. The van der Waals surface area contributed by atoms with Gasteiger partial charge in [0.25, 0.3) is 0 Å². The van der Waals surface area contributed by atoms with Crippen LogP contribution in [0.1, 0.15) is 46.5 Å². The third kappa shape index (κ3) is 3.25. The van der Waals surface area contributed by atoms with E-state index in [1.165, 1.54) is 12.8 Å². The number of rotatable bonds is 4. The Morgan fingerprint density at radius 3 is 2.79 bits per heavy atom. The summed E-state index contributed by atoms with van der Waals surface area (Å²) >= 11 is 0. The van der Waals surface area contributed by atoms with Crippen molar-refractivity contribution in [1.82, 2.24) is 5.32 Å². The summed E-state index contributed by atoms with van der Waals surface area (Å²) in [7, 11) is 0. The predicted octanol–water partition coefficient (Wildman–Crippen LogP) is 2.17. The van der Waals surface area contributed by atoms with Crippen LogP contribution in [0, 0.1) is 11.8 Å². The lowest BCUT2D eigenvalue weighted by Crippen LogP contribution is -2.45. The summed E-state index contributed by atoms with van der Waals surface area (Å²) in [6.45, 7) is 8.35. The minimum atomic E-state index is -0.427. The van der Waals surface area contributed by atoms with Crippen LogP contribution in [-0.4, -0.2) is 23.8 Å². The fourth-order valence-corrected chi connectivity index (χ4v) is 2.47. The van der Waals surface area contributed by atoms with Crippen molar-refractivity contribution in [2.45, 2.75) is 52.1 Å². The first-order valence-corrected chi connectivity index (χ1v) is 6.00. The fourth-order valence-electron chi connectivity index (χ4n) is 2.47. The first kappa shape index (κ1) is 12.0. The first-order valence-electron chi connectivity index (χ1n) is 6.00. The molecule has 1 fully saturated rings. The van der Waals surface area contributed by atoms with E-state index in [4.69, 9.17) is 0 Å². The predicted molar refractivity (Wildman–Crippen MR) is 60.3 cm³/mol. The molecule has 2 N–H and O–H groups in total. The molecule has 0 heterocycles. The van der Waals surface area contributed by atoms with Gasteiger partial charge in [0.2, 0.25) is 0 Å². The van der Waals surface area contributed by atoms with E-state index in [0.717, 1.165) is 25.9 Å². The SMILES string of the molecule is CCNCC1(O)CCCC(C(C)C)C1. The highest BCUT2D eigenvalue weighted by Gasteiger charge is 2.34. The minimum Gasteiger partial charge on any atom is -0.389 e. The molecule has 0 radical (unpaired) electrons. The third-order valence-corrected chi connectivity index (χ3v) is 3.51. The van der Waals surface area contributed by atoms with Crippen molar-refractivity contribution in [3.8, 4) is 0 Å². The summed E-state index contributed by atoms with van der Waals surface area (Å²) < 4.78 is 0. The molecule has 0 aromatic heterocycles. The van der Waals surface area contributed by atoms with Gasteiger partial charge in [-0.2, -0.15) is 0 Å². The molecule has 0 bridgehead atoms. The average Bonchev–Trinajstić information content (AvgIpc) is 2.15. The van der Waals surface area contributed by atoms with Crippen molar-refractivity contribution in [2.24, 2.45) is 11.8 Å². The molecule has 0 amide bonds. The van der Waals surface area contributed by atoms with Crippen LogP contribution < -0.4 is 5.32 Å². The molecule has 2 atom stereocenters. The highest BCUT2D eigenvalue weighted by molar-refractivity contribution is 4.88. The van der Waals surface area contributed by atoms with Crippen LogP contribution in [0.2, 0.25) is 0 Å². The Labute approximate surface area is 88.1 Å². The Balaban J connectivity index is 2.44. The molecule has 14 heavy (non-hydrogen) atoms. The molecule has 1 rings (SSSR count). The molecule has 2 nitrogen and oxygen atoms in total. The van der Waals surface area contributed by atoms with Gasteiger partial charge in [0.1, 0.15) is 0 Å². The second-order valence-electron chi connectivity index (χ2n) is 5.11. The molecule has 0 aromatic rings. The van der Waals surface area contributed by atoms with Crippen LogP contribution in [0.25, 0.3) is 0 Å². The van der Waals surface area contributed by atoms with Gasteiger partial charge >= 0.3 is 0 Å². The molecule has 84 valence electrons. The lowest BCUT2D eigenvalue weighted by Gasteiger charge is -2.38. The van der Waals surface area contributed by atoms with E-state index >= 15 is 0 Å². The molecule has 0 aliphatic heterocycles. The van der Waals surface area contributed by atoms with E-state index in [9.17, 15) is 5.11 Å². The van der Waals surface area contributed by atoms with Crippen molar-refractivity contribution < 1.29 is 5.11 Å². The van der Waals surface area contributed by atoms with E-state index in [1.807, 2.05) is 0 Å². The van der Waals surface area contributed by atoms with Crippen LogP contribution in [0.5, 0.6) is 0 Å². The molecule has 2 heteroatoms. The van der Waals surface area contributed by atoms with Crippen LogP contribution in [0.4, 0.5) is 0 Å². The first-order chi connectivity index (χ1) is 6.57. The van der Waals surface area contributed by atoms with Crippen molar-refractivity contribution in [3.05, 3.63) is 0 Å². The number of aliphatic hydroxyl groups is 1. The summed E-state index contributed by atoms with van der Waals surface area (Å²) in [5.41, 5.74) is -0.427. The Morgan fingerprint density at radius 1 is 1.50 bits per heavy atom. The molecule has 1 aliphatic carbocycles. The molecule has 1 aliphatic rings. The van der Waals surface area contributed by atoms with Gasteiger partial charge in [0, 0.05) is 6.54 Å². The monoisotopic (exact) mass is 199 g/mol. The van der Waals surface area contributed by atoms with Crippen LogP contribution in [-0.2, 0) is 0 Å². The fraction of sp³-hybridized carbons (Fsp3) is 1.00. The maximum atomic E-state index is 10.4. The topological polar surface area (TPSA) is 32.3 Å². The highest BCUT2D eigenvalue weighted by Crippen LogP contribution is 2.35. The smallest absolute Gasteiger partial charge is 0.0774 e. The lowest BCUT2D eigenvalue weighted by atomic mass is 9.73. The number of nitrogens with one attached hydrogen (secondary N) is 1. The van der Waals surface area contributed by atoms with Crippen LogP contribution >= 0.6 is 0 Å². The molecule has 2 unspecified atom stereocenters. The number of hydrogen-bond donors (Lipinski definition) is 2. The summed E-state index contributed by atoms with van der Waals surface area (Å²) in [6, 6.07) is 0. The van der Waals surface area contributed by atoms with Crippen LogP contribution in [0.3, 0.4) is 0 Å². The van der Waals surface area contributed by atoms with Gasteiger partial charge in [-0.1, -0.05) is 27.2 Å². The maximum Gasteiger partial charge on any atom is 0.0774 e. The Bertz CT molecular complexity index is 170. The largest absolute Gasteiger partial charge is 0.389 e. The molecule has 0 spiro atoms. The summed E-state index contributed by atoms with van der Waals surface area (Å²) in [4.78, 5) is 0. The van der Waals surface area contributed by atoms with Crippen molar-refractivity contribution in [2.75, 3.05) is 13.1 Å². The van der Waals surface area contributed by atoms with Crippen molar-refractivity contribution in [3.63, 3.8) is 0 Å². The van der Waals surface area contributed by atoms with Gasteiger partial charge in [-0.05, 0) is 37.6 Å². The van der Waals surface area contributed by atoms with Gasteiger partial charge in [-0.3, -0.25) is 0 Å². The average molecular weight is 199 g/mol. The van der Waals surface area contributed by atoms with E-state index in [2.05, 4.69) is 26.1 Å².